The number of nitrogen functional groups attached to an aromatic ring is 1. The average Bonchev–Trinajstić information content (AvgIpc) is 2.45. The lowest BCUT2D eigenvalue weighted by Gasteiger charge is -2.34. The number of amides is 1. The number of benzene rings is 1. The van der Waals surface area contributed by atoms with Gasteiger partial charge in [0.1, 0.15) is 0 Å². The Morgan fingerprint density at radius 2 is 1.90 bits per heavy atom. The molecule has 0 aliphatic carbocycles. The highest BCUT2D eigenvalue weighted by Crippen LogP contribution is 2.20. The third-order valence-corrected chi connectivity index (χ3v) is 4.04. The van der Waals surface area contributed by atoms with Crippen molar-refractivity contribution in [2.45, 2.75) is 6.42 Å². The summed E-state index contributed by atoms with van der Waals surface area (Å²) >= 11 is 3.32. The first-order chi connectivity index (χ1) is 9.97. The van der Waals surface area contributed by atoms with E-state index in [0.717, 1.165) is 4.47 Å². The number of anilines is 1. The van der Waals surface area contributed by atoms with Crippen LogP contribution in [0.4, 0.5) is 5.69 Å². The summed E-state index contributed by atoms with van der Waals surface area (Å²) in [5.74, 6) is -0.867. The smallest absolute Gasteiger partial charge is 0.304 e. The Kier molecular flexibility index (Phi) is 5.19. The van der Waals surface area contributed by atoms with Gasteiger partial charge in [0.25, 0.3) is 5.91 Å². The van der Waals surface area contributed by atoms with E-state index in [1.54, 1.807) is 23.1 Å². The fraction of sp³-hybridized carbons (Fsp3) is 0.429. The highest BCUT2D eigenvalue weighted by Gasteiger charge is 2.23. The summed E-state index contributed by atoms with van der Waals surface area (Å²) in [6, 6.07) is 5.24. The van der Waals surface area contributed by atoms with E-state index >= 15 is 0 Å². The van der Waals surface area contributed by atoms with Gasteiger partial charge in [0, 0.05) is 42.9 Å². The number of rotatable bonds is 4. The standard InChI is InChI=1S/C14H18BrN3O3/c15-10-1-2-11(12(16)9-10)14(21)18-7-5-17(6-8-18)4-3-13(19)20/h1-2,9H,3-8,16H2,(H,19,20). The topological polar surface area (TPSA) is 86.9 Å². The quantitative estimate of drug-likeness (QED) is 0.794. The van der Waals surface area contributed by atoms with Gasteiger partial charge in [-0.2, -0.15) is 0 Å². The molecule has 0 bridgehead atoms. The Hall–Kier alpha value is -1.60. The van der Waals surface area contributed by atoms with Gasteiger partial charge in [-0.3, -0.25) is 14.5 Å². The molecule has 0 radical (unpaired) electrons. The number of nitrogens with two attached hydrogens (primary N) is 1. The van der Waals surface area contributed by atoms with Crippen molar-refractivity contribution in [1.82, 2.24) is 9.80 Å². The highest BCUT2D eigenvalue weighted by atomic mass is 79.9. The molecule has 0 atom stereocenters. The largest absolute Gasteiger partial charge is 0.481 e. The van der Waals surface area contributed by atoms with Crippen LogP contribution in [-0.4, -0.2) is 59.5 Å². The van der Waals surface area contributed by atoms with Crippen molar-refractivity contribution in [1.29, 1.82) is 0 Å². The number of hydrogen-bond acceptors (Lipinski definition) is 4. The molecule has 1 amide bonds. The Morgan fingerprint density at radius 1 is 1.24 bits per heavy atom. The summed E-state index contributed by atoms with van der Waals surface area (Å²) in [5.41, 5.74) is 6.86. The average molecular weight is 356 g/mol. The molecule has 0 spiro atoms. The molecule has 21 heavy (non-hydrogen) atoms. The molecule has 0 aromatic heterocycles. The molecule has 2 rings (SSSR count). The van der Waals surface area contributed by atoms with Crippen molar-refractivity contribution >= 4 is 33.5 Å². The van der Waals surface area contributed by atoms with Gasteiger partial charge in [-0.05, 0) is 18.2 Å². The zero-order valence-electron chi connectivity index (χ0n) is 11.6. The van der Waals surface area contributed by atoms with E-state index in [9.17, 15) is 9.59 Å². The zero-order chi connectivity index (χ0) is 15.4. The Labute approximate surface area is 131 Å². The Balaban J connectivity index is 1.92. The number of carbonyl (C=O) groups excluding carboxylic acids is 1. The number of piperazine rings is 1. The van der Waals surface area contributed by atoms with Gasteiger partial charge in [-0.1, -0.05) is 15.9 Å². The van der Waals surface area contributed by atoms with Gasteiger partial charge >= 0.3 is 5.97 Å². The monoisotopic (exact) mass is 355 g/mol. The molecular weight excluding hydrogens is 338 g/mol. The van der Waals surface area contributed by atoms with Crippen molar-refractivity contribution < 1.29 is 14.7 Å². The highest BCUT2D eigenvalue weighted by molar-refractivity contribution is 9.10. The molecule has 1 aromatic carbocycles. The second-order valence-corrected chi connectivity index (χ2v) is 5.92. The lowest BCUT2D eigenvalue weighted by molar-refractivity contribution is -0.137. The van der Waals surface area contributed by atoms with Crippen LogP contribution in [0.15, 0.2) is 22.7 Å². The first-order valence-corrected chi connectivity index (χ1v) is 7.55. The van der Waals surface area contributed by atoms with Gasteiger partial charge in [0.05, 0.1) is 12.0 Å². The maximum absolute atomic E-state index is 12.4. The van der Waals surface area contributed by atoms with Crippen LogP contribution in [0.25, 0.3) is 0 Å². The van der Waals surface area contributed by atoms with E-state index in [0.29, 0.717) is 44.0 Å². The fourth-order valence-electron chi connectivity index (χ4n) is 2.33. The SMILES string of the molecule is Nc1cc(Br)ccc1C(=O)N1CCN(CCC(=O)O)CC1. The molecule has 3 N–H and O–H groups in total. The van der Waals surface area contributed by atoms with E-state index in [1.165, 1.54) is 0 Å². The van der Waals surface area contributed by atoms with E-state index in [-0.39, 0.29) is 12.3 Å². The lowest BCUT2D eigenvalue weighted by Crippen LogP contribution is -2.49. The van der Waals surface area contributed by atoms with E-state index in [4.69, 9.17) is 10.8 Å². The molecule has 0 saturated carbocycles. The maximum Gasteiger partial charge on any atom is 0.304 e. The van der Waals surface area contributed by atoms with Crippen molar-refractivity contribution in [3.05, 3.63) is 28.2 Å². The maximum atomic E-state index is 12.4. The molecule has 1 aromatic rings. The third-order valence-electron chi connectivity index (χ3n) is 3.55. The minimum absolute atomic E-state index is 0.0714. The van der Waals surface area contributed by atoms with Crippen LogP contribution in [0, 0.1) is 0 Å². The van der Waals surface area contributed by atoms with Gasteiger partial charge in [0.2, 0.25) is 0 Å². The molecule has 1 saturated heterocycles. The second-order valence-electron chi connectivity index (χ2n) is 5.01. The summed E-state index contributed by atoms with van der Waals surface area (Å²) < 4.78 is 0.843. The summed E-state index contributed by atoms with van der Waals surface area (Å²) in [6.45, 7) is 3.09. The summed E-state index contributed by atoms with van der Waals surface area (Å²) in [5, 5.41) is 8.68. The van der Waals surface area contributed by atoms with Crippen molar-refractivity contribution in [2.75, 3.05) is 38.5 Å². The summed E-state index contributed by atoms with van der Waals surface area (Å²) in [7, 11) is 0. The summed E-state index contributed by atoms with van der Waals surface area (Å²) in [4.78, 5) is 26.8. The van der Waals surface area contributed by atoms with Crippen LogP contribution in [0.2, 0.25) is 0 Å². The lowest BCUT2D eigenvalue weighted by atomic mass is 10.1. The van der Waals surface area contributed by atoms with E-state index in [1.807, 2.05) is 0 Å². The van der Waals surface area contributed by atoms with Crippen LogP contribution in [0.3, 0.4) is 0 Å². The van der Waals surface area contributed by atoms with Crippen LogP contribution in [0.5, 0.6) is 0 Å². The molecule has 114 valence electrons. The molecule has 1 heterocycles. The molecule has 1 aliphatic heterocycles. The third kappa shape index (κ3) is 4.18. The first kappa shape index (κ1) is 15.8. The van der Waals surface area contributed by atoms with E-state index < -0.39 is 5.97 Å². The number of halogens is 1. The van der Waals surface area contributed by atoms with Crippen LogP contribution < -0.4 is 5.73 Å². The molecule has 1 aliphatic rings. The minimum Gasteiger partial charge on any atom is -0.481 e. The van der Waals surface area contributed by atoms with Crippen molar-refractivity contribution in [3.8, 4) is 0 Å². The molecular formula is C14H18BrN3O3. The number of carboxylic acids is 1. The zero-order valence-corrected chi connectivity index (χ0v) is 13.2. The normalized spacial score (nSPS) is 16.0. The van der Waals surface area contributed by atoms with Crippen LogP contribution in [-0.2, 0) is 4.79 Å². The second kappa shape index (κ2) is 6.91. The number of nitrogens with zero attached hydrogens (tertiary/aromatic N) is 2. The molecule has 6 nitrogen and oxygen atoms in total. The van der Waals surface area contributed by atoms with Gasteiger partial charge in [0.15, 0.2) is 0 Å². The molecule has 1 fully saturated rings. The van der Waals surface area contributed by atoms with Crippen LogP contribution in [0.1, 0.15) is 16.8 Å². The van der Waals surface area contributed by atoms with Crippen molar-refractivity contribution in [2.24, 2.45) is 0 Å². The Bertz CT molecular complexity index is 542. The van der Waals surface area contributed by atoms with Crippen molar-refractivity contribution in [3.63, 3.8) is 0 Å². The van der Waals surface area contributed by atoms with Gasteiger partial charge in [-0.15, -0.1) is 0 Å². The number of hydrogen-bond donors (Lipinski definition) is 2. The first-order valence-electron chi connectivity index (χ1n) is 6.76. The fourth-order valence-corrected chi connectivity index (χ4v) is 2.71. The van der Waals surface area contributed by atoms with Gasteiger partial charge in [-0.25, -0.2) is 0 Å². The molecule has 0 unspecified atom stereocenters. The van der Waals surface area contributed by atoms with Gasteiger partial charge < -0.3 is 15.7 Å². The van der Waals surface area contributed by atoms with E-state index in [2.05, 4.69) is 20.8 Å². The Morgan fingerprint density at radius 3 is 2.48 bits per heavy atom. The summed E-state index contributed by atoms with van der Waals surface area (Å²) in [6.07, 6.45) is 0.133. The predicted molar refractivity (Wildman–Crippen MR) is 83.2 cm³/mol. The molecule has 7 heteroatoms. The van der Waals surface area contributed by atoms with Crippen LogP contribution >= 0.6 is 15.9 Å². The number of aliphatic carboxylic acids is 1. The number of carboxylic acid groups (broad SMARTS) is 1. The minimum atomic E-state index is -0.795. The predicted octanol–water partition coefficient (Wildman–Crippen LogP) is 1.26. The number of carbonyl (C=O) groups is 2.